The van der Waals surface area contributed by atoms with E-state index in [-0.39, 0.29) is 0 Å². The van der Waals surface area contributed by atoms with Crippen LogP contribution < -0.4 is 0 Å². The summed E-state index contributed by atoms with van der Waals surface area (Å²) in [4.78, 5) is 0. The summed E-state index contributed by atoms with van der Waals surface area (Å²) in [6.45, 7) is 9.59. The third-order valence-electron chi connectivity index (χ3n) is 9.06. The molecule has 1 heteroatoms. The Morgan fingerprint density at radius 2 is 1.78 bits per heavy atom. The Morgan fingerprint density at radius 1 is 1.00 bits per heavy atom. The summed E-state index contributed by atoms with van der Waals surface area (Å²) in [5.74, 6) is 3.79. The van der Waals surface area contributed by atoms with Gasteiger partial charge in [-0.25, -0.2) is 0 Å². The molecule has 3 fully saturated rings. The van der Waals surface area contributed by atoms with Gasteiger partial charge in [0.05, 0.1) is 5.60 Å². The van der Waals surface area contributed by atoms with Gasteiger partial charge in [0.25, 0.3) is 0 Å². The normalized spacial score (nSPS) is 55.6. The number of hydrogen-bond acceptors (Lipinski definition) is 1. The lowest BCUT2D eigenvalue weighted by Gasteiger charge is -2.59. The molecule has 0 amide bonds. The molecule has 130 valence electrons. The van der Waals surface area contributed by atoms with Gasteiger partial charge in [0.15, 0.2) is 0 Å². The van der Waals surface area contributed by atoms with Crippen molar-refractivity contribution in [2.45, 2.75) is 91.1 Å². The first kappa shape index (κ1) is 16.2. The number of hydrogen-bond donors (Lipinski definition) is 1. The molecule has 4 rings (SSSR count). The van der Waals surface area contributed by atoms with Crippen LogP contribution in [0.4, 0.5) is 0 Å². The Balaban J connectivity index is 1.66. The van der Waals surface area contributed by atoms with E-state index >= 15 is 0 Å². The van der Waals surface area contributed by atoms with E-state index in [1.807, 2.05) is 6.92 Å². The summed E-state index contributed by atoms with van der Waals surface area (Å²) in [5, 5.41) is 10.5. The van der Waals surface area contributed by atoms with Crippen LogP contribution in [-0.2, 0) is 0 Å². The largest absolute Gasteiger partial charge is 0.386 e. The monoisotopic (exact) mass is 316 g/mol. The van der Waals surface area contributed by atoms with Crippen molar-refractivity contribution < 1.29 is 5.11 Å². The second kappa shape index (κ2) is 5.10. The van der Waals surface area contributed by atoms with Crippen molar-refractivity contribution in [2.24, 2.45) is 34.5 Å². The van der Waals surface area contributed by atoms with Crippen molar-refractivity contribution in [3.63, 3.8) is 0 Å². The van der Waals surface area contributed by atoms with Gasteiger partial charge in [-0.15, -0.1) is 0 Å². The molecule has 1 N–H and O–H groups in total. The van der Waals surface area contributed by atoms with Crippen LogP contribution in [0.2, 0.25) is 0 Å². The van der Waals surface area contributed by atoms with Gasteiger partial charge in [0, 0.05) is 0 Å². The Morgan fingerprint density at radius 3 is 2.52 bits per heavy atom. The Labute approximate surface area is 142 Å². The topological polar surface area (TPSA) is 20.2 Å². The molecule has 4 aliphatic rings. The summed E-state index contributed by atoms with van der Waals surface area (Å²) < 4.78 is 0. The molecular formula is C22H36O. The van der Waals surface area contributed by atoms with E-state index in [0.717, 1.165) is 30.1 Å². The molecule has 1 nitrogen and oxygen atoms in total. The molecule has 0 unspecified atom stereocenters. The highest BCUT2D eigenvalue weighted by molar-refractivity contribution is 5.27. The summed E-state index contributed by atoms with van der Waals surface area (Å²) in [5.41, 5.74) is 2.07. The lowest BCUT2D eigenvalue weighted by atomic mass is 9.46. The lowest BCUT2D eigenvalue weighted by molar-refractivity contribution is -0.0614. The first-order valence-electron chi connectivity index (χ1n) is 10.2. The van der Waals surface area contributed by atoms with E-state index in [1.54, 1.807) is 5.57 Å². The van der Waals surface area contributed by atoms with Crippen molar-refractivity contribution >= 4 is 0 Å². The average Bonchev–Trinajstić information content (AvgIpc) is 2.84. The fraction of sp³-hybridized carbons (Fsp3) is 0.909. The summed E-state index contributed by atoms with van der Waals surface area (Å²) in [6, 6.07) is 0. The molecule has 0 aromatic heterocycles. The third kappa shape index (κ3) is 2.21. The maximum absolute atomic E-state index is 10.5. The van der Waals surface area contributed by atoms with Crippen LogP contribution >= 0.6 is 0 Å². The fourth-order valence-electron chi connectivity index (χ4n) is 7.65. The van der Waals surface area contributed by atoms with Crippen molar-refractivity contribution in [1.82, 2.24) is 0 Å². The minimum Gasteiger partial charge on any atom is -0.386 e. The summed E-state index contributed by atoms with van der Waals surface area (Å²) in [6.07, 6.45) is 14.3. The average molecular weight is 317 g/mol. The number of fused-ring (bicyclic) bond motifs is 5. The van der Waals surface area contributed by atoms with Gasteiger partial charge in [-0.1, -0.05) is 38.8 Å². The molecule has 0 heterocycles. The van der Waals surface area contributed by atoms with E-state index in [1.165, 1.54) is 51.4 Å². The molecule has 3 saturated carbocycles. The zero-order valence-electron chi connectivity index (χ0n) is 15.7. The van der Waals surface area contributed by atoms with Gasteiger partial charge in [-0.05, 0) is 92.8 Å². The van der Waals surface area contributed by atoms with Crippen LogP contribution in [0.15, 0.2) is 11.6 Å². The zero-order valence-corrected chi connectivity index (χ0v) is 15.7. The maximum Gasteiger partial charge on any atom is 0.0802 e. The summed E-state index contributed by atoms with van der Waals surface area (Å²) in [7, 11) is 0. The van der Waals surface area contributed by atoms with Crippen LogP contribution in [0.5, 0.6) is 0 Å². The van der Waals surface area contributed by atoms with Crippen molar-refractivity contribution in [3.8, 4) is 0 Å². The van der Waals surface area contributed by atoms with E-state index in [2.05, 4.69) is 26.8 Å². The Bertz CT molecular complexity index is 518. The van der Waals surface area contributed by atoms with E-state index in [0.29, 0.717) is 10.8 Å². The molecule has 0 aromatic carbocycles. The van der Waals surface area contributed by atoms with E-state index < -0.39 is 5.60 Å². The van der Waals surface area contributed by atoms with Crippen LogP contribution in [0.1, 0.15) is 85.5 Å². The predicted octanol–water partition coefficient (Wildman–Crippen LogP) is 5.73. The van der Waals surface area contributed by atoms with E-state index in [4.69, 9.17) is 0 Å². The number of aliphatic hydroxyl groups is 1. The van der Waals surface area contributed by atoms with Gasteiger partial charge in [0.2, 0.25) is 0 Å². The molecular weight excluding hydrogens is 280 g/mol. The van der Waals surface area contributed by atoms with Crippen molar-refractivity contribution in [1.29, 1.82) is 0 Å². The molecule has 23 heavy (non-hydrogen) atoms. The first-order valence-corrected chi connectivity index (χ1v) is 10.2. The Hall–Kier alpha value is -0.300. The second-order valence-electron chi connectivity index (χ2n) is 10.1. The SMILES string of the molecule is CC[C@H]1CC[C@H]2[C@@H]3CCC4=C[C@@](C)(O)CC[C@]4(C)[C@@H]3CC[C@]12C. The summed E-state index contributed by atoms with van der Waals surface area (Å²) >= 11 is 0. The number of rotatable bonds is 1. The molecule has 0 spiro atoms. The molecule has 0 saturated heterocycles. The van der Waals surface area contributed by atoms with Crippen molar-refractivity contribution in [2.75, 3.05) is 0 Å². The second-order valence-corrected chi connectivity index (χ2v) is 10.1. The van der Waals surface area contributed by atoms with Gasteiger partial charge in [-0.2, -0.15) is 0 Å². The number of allylic oxidation sites excluding steroid dienone is 1. The van der Waals surface area contributed by atoms with Crippen LogP contribution in [-0.4, -0.2) is 10.7 Å². The van der Waals surface area contributed by atoms with Crippen molar-refractivity contribution in [3.05, 3.63) is 11.6 Å². The van der Waals surface area contributed by atoms with Gasteiger partial charge >= 0.3 is 0 Å². The first-order chi connectivity index (χ1) is 10.8. The molecule has 0 aliphatic heterocycles. The van der Waals surface area contributed by atoms with Gasteiger partial charge in [0.1, 0.15) is 0 Å². The molecule has 7 atom stereocenters. The van der Waals surface area contributed by atoms with E-state index in [9.17, 15) is 5.11 Å². The predicted molar refractivity (Wildman–Crippen MR) is 96.1 cm³/mol. The van der Waals surface area contributed by atoms with Gasteiger partial charge in [-0.3, -0.25) is 0 Å². The highest BCUT2D eigenvalue weighted by Gasteiger charge is 2.58. The standard InChI is InChI=1S/C22H36O/c1-5-15-7-9-18-17-8-6-16-14-20(2,23)12-13-22(16,4)19(17)10-11-21(15,18)3/h14-15,17-19,23H,5-13H2,1-4H3/t15-,17-,18-,19+,20-,21+,22-/m0/s1. The van der Waals surface area contributed by atoms with Gasteiger partial charge < -0.3 is 5.11 Å². The molecule has 0 bridgehead atoms. The van der Waals surface area contributed by atoms with Crippen LogP contribution in [0, 0.1) is 34.5 Å². The quantitative estimate of drug-likeness (QED) is 0.613. The lowest BCUT2D eigenvalue weighted by Crippen LogP contribution is -2.51. The minimum absolute atomic E-state index is 0.386. The third-order valence-corrected chi connectivity index (χ3v) is 9.06. The molecule has 0 radical (unpaired) electrons. The maximum atomic E-state index is 10.5. The van der Waals surface area contributed by atoms with Crippen LogP contribution in [0.25, 0.3) is 0 Å². The minimum atomic E-state index is -0.550. The zero-order chi connectivity index (χ0) is 16.5. The Kier molecular flexibility index (Phi) is 3.59. The molecule has 0 aromatic rings. The smallest absolute Gasteiger partial charge is 0.0802 e. The highest BCUT2D eigenvalue weighted by Crippen LogP contribution is 2.67. The highest BCUT2D eigenvalue weighted by atomic mass is 16.3. The van der Waals surface area contributed by atoms with Crippen LogP contribution in [0.3, 0.4) is 0 Å². The fourth-order valence-corrected chi connectivity index (χ4v) is 7.65. The molecule has 4 aliphatic carbocycles.